The predicted molar refractivity (Wildman–Crippen MR) is 222 cm³/mol. The second kappa shape index (κ2) is 17.8. The van der Waals surface area contributed by atoms with Crippen LogP contribution in [0.4, 0.5) is 20.3 Å². The number of carbonyl (C=O) groups is 1. The summed E-state index contributed by atoms with van der Waals surface area (Å²) in [5.74, 6) is -0.281. The zero-order chi connectivity index (χ0) is 41.9. The van der Waals surface area contributed by atoms with E-state index in [-0.39, 0.29) is 23.8 Å². The Morgan fingerprint density at radius 1 is 0.950 bits per heavy atom. The Hall–Kier alpha value is -5.81. The van der Waals surface area contributed by atoms with Crippen LogP contribution < -0.4 is 25.4 Å². The maximum Gasteiger partial charge on any atom is 0.306 e. The van der Waals surface area contributed by atoms with Gasteiger partial charge in [0.2, 0.25) is 0 Å². The molecule has 8 rings (SSSR count). The first-order valence-electron chi connectivity index (χ1n) is 20.1. The van der Waals surface area contributed by atoms with Crippen LogP contribution in [0.25, 0.3) is 38.8 Å². The topological polar surface area (TPSA) is 178 Å². The van der Waals surface area contributed by atoms with E-state index in [1.807, 2.05) is 66.3 Å². The summed E-state index contributed by atoms with van der Waals surface area (Å²) in [5, 5.41) is 35.6. The van der Waals surface area contributed by atoms with Crippen molar-refractivity contribution in [3.05, 3.63) is 89.5 Å². The minimum absolute atomic E-state index is 0.113. The van der Waals surface area contributed by atoms with Crippen LogP contribution in [0, 0.1) is 12.8 Å². The molecule has 0 radical (unpaired) electrons. The molecule has 2 atom stereocenters. The lowest BCUT2D eigenvalue weighted by Crippen LogP contribution is -2.46. The Labute approximate surface area is 345 Å². The van der Waals surface area contributed by atoms with Crippen molar-refractivity contribution in [2.45, 2.75) is 76.7 Å². The molecule has 60 heavy (non-hydrogen) atoms. The van der Waals surface area contributed by atoms with E-state index in [1.54, 1.807) is 26.5 Å². The van der Waals surface area contributed by atoms with Gasteiger partial charge < -0.3 is 40.4 Å². The number of hydrogen-bond acceptors (Lipinski definition) is 12. The molecule has 314 valence electrons. The van der Waals surface area contributed by atoms with Crippen LogP contribution in [0.5, 0.6) is 11.5 Å². The first kappa shape index (κ1) is 40.9. The van der Waals surface area contributed by atoms with E-state index in [1.165, 1.54) is 0 Å². The number of carboxylic acid groups (broad SMARTS) is 1. The van der Waals surface area contributed by atoms with Gasteiger partial charge >= 0.3 is 5.97 Å². The Kier molecular flexibility index (Phi) is 12.2. The number of ether oxygens (including phenoxy) is 3. The molecular weight excluding hydrogens is 775 g/mol. The predicted octanol–water partition coefficient (Wildman–Crippen LogP) is 7.01. The molecule has 1 aliphatic heterocycles. The van der Waals surface area contributed by atoms with Crippen molar-refractivity contribution in [3.63, 3.8) is 0 Å². The molecule has 1 saturated heterocycles. The van der Waals surface area contributed by atoms with Crippen LogP contribution in [0.15, 0.2) is 67.0 Å². The van der Waals surface area contributed by atoms with Crippen LogP contribution >= 0.6 is 0 Å². The summed E-state index contributed by atoms with van der Waals surface area (Å²) in [6.07, 6.45) is 3.43. The van der Waals surface area contributed by atoms with E-state index in [2.05, 4.69) is 30.9 Å². The van der Waals surface area contributed by atoms with Gasteiger partial charge in [0.05, 0.1) is 61.3 Å². The van der Waals surface area contributed by atoms with Gasteiger partial charge in [0.15, 0.2) is 11.6 Å². The van der Waals surface area contributed by atoms with Crippen LogP contribution in [0.2, 0.25) is 0 Å². The minimum Gasteiger partial charge on any atom is -0.496 e. The number of methoxy groups -OCH3 is 2. The summed E-state index contributed by atoms with van der Waals surface area (Å²) in [6, 6.07) is 17.4. The number of fused-ring (bicyclic) bond motifs is 2. The molecule has 1 aliphatic carbocycles. The normalized spacial score (nSPS) is 19.5. The highest BCUT2D eigenvalue weighted by atomic mass is 19.3. The Morgan fingerprint density at radius 3 is 2.42 bits per heavy atom. The smallest absolute Gasteiger partial charge is 0.306 e. The average molecular weight is 823 g/mol. The van der Waals surface area contributed by atoms with Crippen LogP contribution in [-0.2, 0) is 22.6 Å². The fraction of sp³-hybridized carbons (Fsp3) is 0.386. The molecule has 0 spiro atoms. The molecule has 1 saturated carbocycles. The molecule has 3 aromatic heterocycles. The van der Waals surface area contributed by atoms with Gasteiger partial charge in [-0.25, -0.2) is 23.4 Å². The van der Waals surface area contributed by atoms with Crippen LogP contribution in [0.3, 0.4) is 0 Å². The number of aliphatic carboxylic acids is 1. The summed E-state index contributed by atoms with van der Waals surface area (Å²) in [5.41, 5.74) is 7.16. The number of pyridine rings is 1. The largest absolute Gasteiger partial charge is 0.496 e. The zero-order valence-corrected chi connectivity index (χ0v) is 33.6. The number of nitrogens with zero attached hydrogens (tertiary/aromatic N) is 5. The van der Waals surface area contributed by atoms with Crippen molar-refractivity contribution < 1.29 is 38.0 Å². The van der Waals surface area contributed by atoms with E-state index in [4.69, 9.17) is 19.3 Å². The molecular formula is C44H48F2N8O6. The van der Waals surface area contributed by atoms with Gasteiger partial charge in [-0.15, -0.1) is 0 Å². The number of aliphatic hydroxyl groups excluding tert-OH is 1. The summed E-state index contributed by atoms with van der Waals surface area (Å²) in [6.45, 7) is 3.70. The fourth-order valence-corrected chi connectivity index (χ4v) is 8.31. The molecule has 5 N–H and O–H groups in total. The molecule has 2 aliphatic rings. The van der Waals surface area contributed by atoms with Crippen molar-refractivity contribution in [3.8, 4) is 28.3 Å². The zero-order valence-electron chi connectivity index (χ0n) is 33.6. The SMILES string of the molecule is COc1cc(-n2ncc3c(-c4cccc(Nc5nc(C(F)F)nc6cc(CNC7CCC(C(=O)O)CC7)cnc56)c4C)cccc32)cc(OC)c1CN[C@@H]1CCOC[C@@H]1O. The standard InChI is InChI=1S/C44H48F2N8O6/c1-24-29(30-7-5-9-36-31(30)22-50-54(36)28-17-38(58-2)32(39(18-28)59-3)21-48-34-14-15-60-23-37(34)55)6-4-8-33(24)51-42-40-35(52-43(53-42)41(45)46)16-25(20-49-40)19-47-27-12-10-26(11-13-27)44(56)57/h4-9,16-18,20,22,26-27,34,37,41,47-48,55H,10-15,19,21,23H2,1-3H3,(H,56,57)(H,51,52,53)/t26?,27?,34-,37+/m1/s1. The highest BCUT2D eigenvalue weighted by Crippen LogP contribution is 2.38. The molecule has 16 heteroatoms. The van der Waals surface area contributed by atoms with E-state index >= 15 is 0 Å². The van der Waals surface area contributed by atoms with E-state index in [0.717, 1.165) is 57.2 Å². The number of hydrogen-bond donors (Lipinski definition) is 5. The number of carboxylic acids is 1. The van der Waals surface area contributed by atoms with E-state index in [0.29, 0.717) is 73.8 Å². The number of rotatable bonds is 14. The maximum absolute atomic E-state index is 14.2. The van der Waals surface area contributed by atoms with Gasteiger partial charge in [-0.3, -0.25) is 9.78 Å². The van der Waals surface area contributed by atoms with Gasteiger partial charge in [-0.05, 0) is 79.5 Å². The highest BCUT2D eigenvalue weighted by molar-refractivity contribution is 5.97. The molecule has 0 amide bonds. The van der Waals surface area contributed by atoms with E-state index < -0.39 is 24.3 Å². The summed E-state index contributed by atoms with van der Waals surface area (Å²) in [7, 11) is 3.22. The van der Waals surface area contributed by atoms with Crippen molar-refractivity contribution in [1.29, 1.82) is 0 Å². The minimum atomic E-state index is -2.90. The maximum atomic E-state index is 14.2. The number of alkyl halides is 2. The Bertz CT molecular complexity index is 2480. The highest BCUT2D eigenvalue weighted by Gasteiger charge is 2.27. The Morgan fingerprint density at radius 2 is 1.70 bits per heavy atom. The van der Waals surface area contributed by atoms with Crippen molar-refractivity contribution >= 4 is 39.4 Å². The number of aromatic nitrogens is 5. The van der Waals surface area contributed by atoms with Gasteiger partial charge in [0.1, 0.15) is 17.0 Å². The van der Waals surface area contributed by atoms with E-state index in [9.17, 15) is 23.8 Å². The number of halogens is 2. The first-order chi connectivity index (χ1) is 29.1. The fourth-order valence-electron chi connectivity index (χ4n) is 8.31. The lowest BCUT2D eigenvalue weighted by atomic mass is 9.86. The van der Waals surface area contributed by atoms with Gasteiger partial charge in [0, 0.05) is 61.2 Å². The van der Waals surface area contributed by atoms with Gasteiger partial charge in [0.25, 0.3) is 6.43 Å². The summed E-state index contributed by atoms with van der Waals surface area (Å²) < 4.78 is 47.3. The molecule has 3 aromatic carbocycles. The molecule has 4 heterocycles. The second-order valence-corrected chi connectivity index (χ2v) is 15.4. The summed E-state index contributed by atoms with van der Waals surface area (Å²) in [4.78, 5) is 24.4. The quantitative estimate of drug-likeness (QED) is 0.0759. The average Bonchev–Trinajstić information content (AvgIpc) is 3.70. The Balaban J connectivity index is 1.06. The molecule has 6 aromatic rings. The third kappa shape index (κ3) is 8.45. The lowest BCUT2D eigenvalue weighted by molar-refractivity contribution is -0.142. The van der Waals surface area contributed by atoms with Crippen molar-refractivity contribution in [2.24, 2.45) is 5.92 Å². The van der Waals surface area contributed by atoms with Crippen LogP contribution in [-0.4, -0.2) is 86.5 Å². The van der Waals surface area contributed by atoms with Crippen molar-refractivity contribution in [2.75, 3.05) is 32.8 Å². The number of benzene rings is 3. The van der Waals surface area contributed by atoms with Gasteiger partial charge in [-0.2, -0.15) is 5.10 Å². The molecule has 0 unspecified atom stereocenters. The molecule has 14 nitrogen and oxygen atoms in total. The lowest BCUT2D eigenvalue weighted by Gasteiger charge is -2.29. The molecule has 2 fully saturated rings. The number of nitrogens with one attached hydrogen (secondary N) is 3. The third-order valence-electron chi connectivity index (χ3n) is 11.7. The monoisotopic (exact) mass is 822 g/mol. The summed E-state index contributed by atoms with van der Waals surface area (Å²) >= 11 is 0. The van der Waals surface area contributed by atoms with Gasteiger partial charge in [-0.1, -0.05) is 24.3 Å². The number of aliphatic hydroxyl groups is 1. The van der Waals surface area contributed by atoms with Crippen molar-refractivity contribution in [1.82, 2.24) is 35.4 Å². The first-order valence-corrected chi connectivity index (χ1v) is 20.1. The third-order valence-corrected chi connectivity index (χ3v) is 11.7. The van der Waals surface area contributed by atoms with Crippen LogP contribution in [0.1, 0.15) is 61.0 Å². The second-order valence-electron chi connectivity index (χ2n) is 15.4. The number of anilines is 2. The molecule has 0 bridgehead atoms.